The largest absolute Gasteiger partial charge is 0.489 e. The monoisotopic (exact) mass is 549 g/mol. The maximum atomic E-state index is 11.5. The molecule has 1 N–H and O–H groups in total. The van der Waals surface area contributed by atoms with Crippen LogP contribution in [-0.2, 0) is 11.4 Å². The van der Waals surface area contributed by atoms with Crippen LogP contribution in [0, 0.1) is 11.3 Å². The minimum absolute atomic E-state index is 0. The molecular weight excluding hydrogens is 510 g/mol. The Hall–Kier alpha value is -2.70. The lowest BCUT2D eigenvalue weighted by atomic mass is 9.80. The van der Waals surface area contributed by atoms with Gasteiger partial charge < -0.3 is 14.7 Å². The topological polar surface area (TPSA) is 49.8 Å². The van der Waals surface area contributed by atoms with Crippen LogP contribution >= 0.6 is 24.8 Å². The SMILES string of the molecule is CN(C)c1cccc(-c2scc(COc3cccc([C@@H](CC(=O)O)C4CC4)c3)c2C2=CCCC2(C)C)c1.S. The highest BCUT2D eigenvalue weighted by Gasteiger charge is 2.34. The van der Waals surface area contributed by atoms with Crippen LogP contribution in [0.15, 0.2) is 60.0 Å². The molecule has 0 amide bonds. The van der Waals surface area contributed by atoms with E-state index >= 15 is 0 Å². The van der Waals surface area contributed by atoms with Gasteiger partial charge in [0.1, 0.15) is 12.4 Å². The van der Waals surface area contributed by atoms with Gasteiger partial charge in [0.2, 0.25) is 0 Å². The standard InChI is InChI=1S/C32H37NO3S.H2S/c1-32(2)15-7-12-28(32)30-24(20-37-31(30)23-9-5-10-25(16-23)33(3)4)19-36-26-11-6-8-22(17-26)27(18-29(34)35)21-13-14-21;/h5-6,8-12,16-17,20-21,27H,7,13-15,18-19H2,1-4H3,(H,34,35);1H2/t27-;/m0./s1. The number of carboxylic acids is 1. The van der Waals surface area contributed by atoms with E-state index in [1.165, 1.54) is 32.8 Å². The van der Waals surface area contributed by atoms with Crippen LogP contribution in [-0.4, -0.2) is 25.2 Å². The van der Waals surface area contributed by atoms with Gasteiger partial charge in [-0.1, -0.05) is 44.2 Å². The van der Waals surface area contributed by atoms with E-state index in [1.807, 2.05) is 12.1 Å². The van der Waals surface area contributed by atoms with Crippen LogP contribution in [0.25, 0.3) is 16.0 Å². The van der Waals surface area contributed by atoms with E-state index in [0.29, 0.717) is 12.5 Å². The molecule has 1 heterocycles. The molecule has 2 aliphatic rings. The van der Waals surface area contributed by atoms with E-state index < -0.39 is 5.97 Å². The molecule has 5 rings (SSSR count). The molecule has 0 radical (unpaired) electrons. The van der Waals surface area contributed by atoms with Crippen molar-refractivity contribution in [2.75, 3.05) is 19.0 Å². The van der Waals surface area contributed by atoms with Gasteiger partial charge in [-0.3, -0.25) is 4.79 Å². The van der Waals surface area contributed by atoms with Crippen molar-refractivity contribution in [3.05, 3.63) is 76.7 Å². The predicted octanol–water partition coefficient (Wildman–Crippen LogP) is 8.34. The average molecular weight is 550 g/mol. The average Bonchev–Trinajstić information content (AvgIpc) is 3.53. The number of carbonyl (C=O) groups is 1. The van der Waals surface area contributed by atoms with E-state index in [1.54, 1.807) is 11.3 Å². The summed E-state index contributed by atoms with van der Waals surface area (Å²) in [7, 11) is 4.16. The molecule has 3 aromatic rings. The number of carboxylic acid groups (broad SMARTS) is 1. The Morgan fingerprint density at radius 1 is 1.16 bits per heavy atom. The molecule has 0 saturated heterocycles. The highest BCUT2D eigenvalue weighted by Crippen LogP contribution is 2.50. The molecule has 2 aliphatic carbocycles. The van der Waals surface area contributed by atoms with Gasteiger partial charge in [-0.25, -0.2) is 0 Å². The number of allylic oxidation sites excluding steroid dienone is 2. The number of nitrogens with zero attached hydrogens (tertiary/aromatic N) is 1. The van der Waals surface area contributed by atoms with E-state index in [2.05, 4.69) is 80.7 Å². The summed E-state index contributed by atoms with van der Waals surface area (Å²) in [6.45, 7) is 5.18. The number of aliphatic carboxylic acids is 1. The number of benzene rings is 2. The third kappa shape index (κ3) is 6.13. The van der Waals surface area contributed by atoms with Crippen LogP contribution in [0.5, 0.6) is 5.75 Å². The van der Waals surface area contributed by atoms with Crippen LogP contribution in [0.4, 0.5) is 5.69 Å². The summed E-state index contributed by atoms with van der Waals surface area (Å²) in [6, 6.07) is 16.8. The van der Waals surface area contributed by atoms with Gasteiger partial charge in [-0.05, 0) is 89.3 Å². The fourth-order valence-electron chi connectivity index (χ4n) is 5.60. The van der Waals surface area contributed by atoms with Crippen molar-refractivity contribution in [2.45, 2.75) is 58.5 Å². The molecule has 0 bridgehead atoms. The van der Waals surface area contributed by atoms with Crippen molar-refractivity contribution in [3.63, 3.8) is 0 Å². The van der Waals surface area contributed by atoms with Crippen LogP contribution in [0.2, 0.25) is 0 Å². The van der Waals surface area contributed by atoms with E-state index in [9.17, 15) is 9.90 Å². The zero-order chi connectivity index (χ0) is 26.2. The maximum absolute atomic E-state index is 11.5. The van der Waals surface area contributed by atoms with Gasteiger partial charge in [0.25, 0.3) is 0 Å². The number of hydrogen-bond donors (Lipinski definition) is 1. The van der Waals surface area contributed by atoms with Gasteiger partial charge in [0.05, 0.1) is 6.42 Å². The molecule has 1 atom stereocenters. The van der Waals surface area contributed by atoms with Crippen molar-refractivity contribution in [1.29, 1.82) is 0 Å². The third-order valence-corrected chi connectivity index (χ3v) is 8.95. The maximum Gasteiger partial charge on any atom is 0.303 e. The normalized spacial score (nSPS) is 16.9. The Morgan fingerprint density at radius 3 is 2.58 bits per heavy atom. The third-order valence-electron chi connectivity index (χ3n) is 7.87. The molecule has 2 aromatic carbocycles. The molecule has 0 unspecified atom stereocenters. The summed E-state index contributed by atoms with van der Waals surface area (Å²) in [5.74, 6) is 0.621. The van der Waals surface area contributed by atoms with Crippen molar-refractivity contribution in [3.8, 4) is 16.2 Å². The van der Waals surface area contributed by atoms with E-state index in [4.69, 9.17) is 4.74 Å². The molecule has 0 aliphatic heterocycles. The lowest BCUT2D eigenvalue weighted by Gasteiger charge is -2.25. The summed E-state index contributed by atoms with van der Waals surface area (Å²) in [4.78, 5) is 14.9. The van der Waals surface area contributed by atoms with Gasteiger partial charge >= 0.3 is 5.97 Å². The first-order valence-electron chi connectivity index (χ1n) is 13.3. The predicted molar refractivity (Wildman–Crippen MR) is 164 cm³/mol. The fraction of sp³-hybridized carbons (Fsp3) is 0.406. The second-order valence-corrected chi connectivity index (χ2v) is 12.2. The minimum atomic E-state index is -0.732. The number of ether oxygens (including phenoxy) is 1. The van der Waals surface area contributed by atoms with Gasteiger partial charge in [-0.15, -0.1) is 11.3 Å². The lowest BCUT2D eigenvalue weighted by Crippen LogP contribution is -2.11. The number of anilines is 1. The summed E-state index contributed by atoms with van der Waals surface area (Å²) < 4.78 is 6.39. The second kappa shape index (κ2) is 11.6. The van der Waals surface area contributed by atoms with E-state index in [0.717, 1.165) is 37.0 Å². The summed E-state index contributed by atoms with van der Waals surface area (Å²) in [5.41, 5.74) is 7.59. The first-order valence-corrected chi connectivity index (χ1v) is 14.1. The molecule has 1 aromatic heterocycles. The summed E-state index contributed by atoms with van der Waals surface area (Å²) in [6.07, 6.45) is 7.08. The molecule has 0 spiro atoms. The van der Waals surface area contributed by atoms with Crippen LogP contribution in [0.3, 0.4) is 0 Å². The van der Waals surface area contributed by atoms with E-state index in [-0.39, 0.29) is 31.2 Å². The Morgan fingerprint density at radius 2 is 1.92 bits per heavy atom. The Labute approximate surface area is 237 Å². The Kier molecular flexibility index (Phi) is 8.63. The summed E-state index contributed by atoms with van der Waals surface area (Å²) in [5, 5.41) is 11.7. The molecule has 6 heteroatoms. The fourth-order valence-corrected chi connectivity index (χ4v) is 6.67. The Bertz CT molecular complexity index is 1320. The molecule has 4 nitrogen and oxygen atoms in total. The highest BCUT2D eigenvalue weighted by molar-refractivity contribution is 7.59. The molecule has 1 fully saturated rings. The van der Waals surface area contributed by atoms with Crippen molar-refractivity contribution < 1.29 is 14.6 Å². The molecule has 38 heavy (non-hydrogen) atoms. The second-order valence-electron chi connectivity index (χ2n) is 11.4. The molecule has 202 valence electrons. The minimum Gasteiger partial charge on any atom is -0.489 e. The van der Waals surface area contributed by atoms with Crippen molar-refractivity contribution in [1.82, 2.24) is 0 Å². The smallest absolute Gasteiger partial charge is 0.303 e. The first kappa shape index (κ1) is 28.3. The molecule has 1 saturated carbocycles. The van der Waals surface area contributed by atoms with Crippen LogP contribution < -0.4 is 9.64 Å². The number of thiophene rings is 1. The highest BCUT2D eigenvalue weighted by atomic mass is 32.1. The summed E-state index contributed by atoms with van der Waals surface area (Å²) >= 11 is 1.79. The lowest BCUT2D eigenvalue weighted by molar-refractivity contribution is -0.137. The van der Waals surface area contributed by atoms with Gasteiger partial charge in [0, 0.05) is 35.8 Å². The number of hydrogen-bond acceptors (Lipinski definition) is 4. The van der Waals surface area contributed by atoms with Gasteiger partial charge in [-0.2, -0.15) is 13.5 Å². The zero-order valence-electron chi connectivity index (χ0n) is 22.8. The zero-order valence-corrected chi connectivity index (χ0v) is 24.6. The first-order chi connectivity index (χ1) is 17.7. The quantitative estimate of drug-likeness (QED) is 0.276. The van der Waals surface area contributed by atoms with Gasteiger partial charge in [0.15, 0.2) is 0 Å². The van der Waals surface area contributed by atoms with Crippen LogP contribution in [0.1, 0.15) is 68.6 Å². The van der Waals surface area contributed by atoms with Crippen molar-refractivity contribution in [2.24, 2.45) is 11.3 Å². The Balaban J connectivity index is 0.00000336. The molecular formula is C32H39NO3S2. The number of rotatable bonds is 10. The van der Waals surface area contributed by atoms with Crippen molar-refractivity contribution >= 4 is 42.1 Å².